The van der Waals surface area contributed by atoms with Crippen LogP contribution in [-0.4, -0.2) is 75.7 Å². The number of hydrogen-bond acceptors (Lipinski definition) is 13. The second-order valence-electron chi connectivity index (χ2n) is 6.85. The van der Waals surface area contributed by atoms with Gasteiger partial charge in [-0.1, -0.05) is 6.92 Å². The van der Waals surface area contributed by atoms with E-state index >= 15 is 0 Å². The molecule has 2 unspecified atom stereocenters. The fraction of sp³-hybridized carbons (Fsp3) is 0.615. The summed E-state index contributed by atoms with van der Waals surface area (Å²) >= 11 is 0. The largest absolute Gasteiger partial charge is 0.481 e. The molecule has 1 saturated heterocycles. The van der Waals surface area contributed by atoms with Gasteiger partial charge in [0.15, 0.2) is 17.7 Å². The number of imidazole rings is 1. The Morgan fingerprint density at radius 2 is 1.79 bits per heavy atom. The van der Waals surface area contributed by atoms with Gasteiger partial charge in [-0.3, -0.25) is 18.1 Å². The molecule has 1 aliphatic rings. The van der Waals surface area contributed by atoms with Crippen LogP contribution in [0, 0.1) is 0 Å². The zero-order valence-corrected chi connectivity index (χ0v) is 20.0. The molecule has 0 saturated carbocycles. The number of rotatable bonds is 11. The van der Waals surface area contributed by atoms with Gasteiger partial charge in [0.2, 0.25) is 0 Å². The molecule has 0 aliphatic carbocycles. The van der Waals surface area contributed by atoms with Gasteiger partial charge in [-0.15, -0.1) is 0 Å². The summed E-state index contributed by atoms with van der Waals surface area (Å²) < 4.78 is 59.8. The molecule has 2 aromatic heterocycles. The fourth-order valence-electron chi connectivity index (χ4n) is 2.96. The van der Waals surface area contributed by atoms with Gasteiger partial charge in [0.1, 0.15) is 30.2 Å². The van der Waals surface area contributed by atoms with Crippen molar-refractivity contribution in [2.75, 3.05) is 18.9 Å². The van der Waals surface area contributed by atoms with Crippen LogP contribution in [0.2, 0.25) is 0 Å². The molecule has 7 N–H and O–H groups in total. The maximum atomic E-state index is 12.0. The van der Waals surface area contributed by atoms with E-state index in [-0.39, 0.29) is 23.6 Å². The van der Waals surface area contributed by atoms with Crippen LogP contribution in [0.15, 0.2) is 12.7 Å². The van der Waals surface area contributed by atoms with Gasteiger partial charge in [0.25, 0.3) is 0 Å². The normalized spacial score (nSPS) is 27.0. The molecule has 0 radical (unpaired) electrons. The van der Waals surface area contributed by atoms with Crippen molar-refractivity contribution in [2.45, 2.75) is 37.9 Å². The van der Waals surface area contributed by atoms with Crippen LogP contribution in [0.25, 0.3) is 11.2 Å². The number of aromatic nitrogens is 4. The van der Waals surface area contributed by atoms with Gasteiger partial charge in [-0.2, -0.15) is 4.31 Å². The van der Waals surface area contributed by atoms with Gasteiger partial charge in [-0.05, 0) is 6.42 Å². The molecule has 3 rings (SSSR count). The Balaban J connectivity index is 1.80. The van der Waals surface area contributed by atoms with E-state index in [4.69, 9.17) is 10.5 Å². The quantitative estimate of drug-likeness (QED) is 0.198. The summed E-state index contributed by atoms with van der Waals surface area (Å²) in [5.74, 6) is -0.00766. The second kappa shape index (κ2) is 10.3. The highest BCUT2D eigenvalue weighted by Gasteiger charge is 2.50. The van der Waals surface area contributed by atoms with Crippen molar-refractivity contribution in [3.63, 3.8) is 0 Å². The summed E-state index contributed by atoms with van der Waals surface area (Å²) in [6.07, 6.45) is -4.02. The lowest BCUT2D eigenvalue weighted by Gasteiger charge is -2.22. The number of ether oxygens (including phenoxy) is 1. The topological polar surface area (TPSA) is 268 Å². The predicted molar refractivity (Wildman–Crippen MR) is 109 cm³/mol. The molecule has 3 heterocycles. The second-order valence-corrected chi connectivity index (χ2v) is 11.1. The first-order valence-corrected chi connectivity index (χ1v) is 13.9. The van der Waals surface area contributed by atoms with Gasteiger partial charge in [0.05, 0.1) is 19.5 Å². The number of anilines is 1. The summed E-state index contributed by atoms with van der Waals surface area (Å²) in [5, 5.41) is 10.5. The molecule has 6 atom stereocenters. The number of nitrogen functional groups attached to an aromatic ring is 1. The number of nitrogens with zero attached hydrogens (tertiary/aromatic N) is 4. The predicted octanol–water partition coefficient (Wildman–Crippen LogP) is -0.195. The zero-order valence-electron chi connectivity index (χ0n) is 17.3. The summed E-state index contributed by atoms with van der Waals surface area (Å²) in [7, 11) is -15.3. The monoisotopic (exact) mass is 549 g/mol. The standard InChI is InChI=1S/C13H22N5O13P3/c1-2-3-27-33(23,24)31-34(25,26)28-4-7-9(19)10(30-32(20,21)22)13(29-7)18-6-17-8-11(14)15-5-16-12(8)18/h5-7,9-10,13,19H,2-4H2,1H3,(H,23,24)(H,25,26)(H2,14,15,16)(H2,20,21,22)/t7-,9-,10-,13-/m1/s1. The summed E-state index contributed by atoms with van der Waals surface area (Å²) in [5.41, 5.74) is 5.90. The highest BCUT2D eigenvalue weighted by Crippen LogP contribution is 2.60. The number of phosphoric ester groups is 3. The summed E-state index contributed by atoms with van der Waals surface area (Å²) in [6.45, 7) is 0.447. The van der Waals surface area contributed by atoms with E-state index in [1.165, 1.54) is 0 Å². The minimum absolute atomic E-state index is 0.00766. The van der Waals surface area contributed by atoms with Crippen LogP contribution in [0.1, 0.15) is 19.6 Å². The van der Waals surface area contributed by atoms with Gasteiger partial charge in [0, 0.05) is 0 Å². The maximum absolute atomic E-state index is 12.0. The van der Waals surface area contributed by atoms with Crippen LogP contribution in [0.4, 0.5) is 5.82 Å². The van der Waals surface area contributed by atoms with Crippen molar-refractivity contribution in [2.24, 2.45) is 0 Å². The molecule has 1 aliphatic heterocycles. The lowest BCUT2D eigenvalue weighted by Crippen LogP contribution is -2.35. The Labute approximate surface area is 191 Å². The Bertz CT molecular complexity index is 1160. The van der Waals surface area contributed by atoms with Crippen LogP contribution in [0.5, 0.6) is 0 Å². The number of fused-ring (bicyclic) bond motifs is 1. The van der Waals surface area contributed by atoms with Crippen LogP contribution >= 0.6 is 23.5 Å². The van der Waals surface area contributed by atoms with Crippen molar-refractivity contribution >= 4 is 40.4 Å². The average Bonchev–Trinajstić information content (AvgIpc) is 3.26. The molecule has 0 spiro atoms. The fourth-order valence-corrected chi connectivity index (χ4v) is 5.67. The van der Waals surface area contributed by atoms with Gasteiger partial charge in [-0.25, -0.2) is 28.6 Å². The number of hydrogen-bond donors (Lipinski definition) is 6. The zero-order chi connectivity index (χ0) is 25.3. The van der Waals surface area contributed by atoms with Crippen molar-refractivity contribution in [3.05, 3.63) is 12.7 Å². The average molecular weight is 549 g/mol. The lowest BCUT2D eigenvalue weighted by molar-refractivity contribution is -0.0498. The van der Waals surface area contributed by atoms with Crippen LogP contribution in [-0.2, 0) is 36.3 Å². The van der Waals surface area contributed by atoms with E-state index in [2.05, 4.69) is 32.8 Å². The van der Waals surface area contributed by atoms with Crippen LogP contribution < -0.4 is 5.73 Å². The summed E-state index contributed by atoms with van der Waals surface area (Å²) in [6, 6.07) is 0. The highest BCUT2D eigenvalue weighted by molar-refractivity contribution is 7.61. The first-order chi connectivity index (χ1) is 15.7. The molecule has 1 fully saturated rings. The van der Waals surface area contributed by atoms with Crippen molar-refractivity contribution in [3.8, 4) is 0 Å². The molecule has 0 bridgehead atoms. The Morgan fingerprint density at radius 3 is 2.44 bits per heavy atom. The van der Waals surface area contributed by atoms with Crippen molar-refractivity contribution < 1.29 is 61.0 Å². The van der Waals surface area contributed by atoms with E-state index in [1.807, 2.05) is 0 Å². The number of phosphoric acid groups is 3. The first kappa shape index (κ1) is 27.2. The van der Waals surface area contributed by atoms with Crippen molar-refractivity contribution in [1.82, 2.24) is 19.5 Å². The molecule has 34 heavy (non-hydrogen) atoms. The maximum Gasteiger partial charge on any atom is 0.481 e. The first-order valence-electron chi connectivity index (χ1n) is 9.39. The smallest absolute Gasteiger partial charge is 0.387 e. The van der Waals surface area contributed by atoms with Crippen LogP contribution in [0.3, 0.4) is 0 Å². The molecular weight excluding hydrogens is 527 g/mol. The molecule has 21 heteroatoms. The molecule has 18 nitrogen and oxygen atoms in total. The molecule has 0 amide bonds. The molecule has 0 aromatic carbocycles. The third-order valence-electron chi connectivity index (χ3n) is 4.30. The Hall–Kier alpha value is -1.36. The minimum Gasteiger partial charge on any atom is -0.387 e. The van der Waals surface area contributed by atoms with Gasteiger partial charge >= 0.3 is 23.5 Å². The molecule has 192 valence electrons. The van der Waals surface area contributed by atoms with E-state index in [0.29, 0.717) is 6.42 Å². The van der Waals surface area contributed by atoms with E-state index in [0.717, 1.165) is 17.2 Å². The number of nitrogens with two attached hydrogens (primary N) is 1. The minimum atomic E-state index is -5.20. The Kier molecular flexibility index (Phi) is 8.27. The van der Waals surface area contributed by atoms with E-state index in [1.54, 1.807) is 6.92 Å². The summed E-state index contributed by atoms with van der Waals surface area (Å²) in [4.78, 5) is 49.4. The third-order valence-corrected chi connectivity index (χ3v) is 7.45. The van der Waals surface area contributed by atoms with E-state index in [9.17, 15) is 38.4 Å². The molecular formula is C13H22N5O13P3. The molecule has 2 aromatic rings. The third kappa shape index (κ3) is 6.65. The number of aliphatic hydroxyl groups is 1. The highest BCUT2D eigenvalue weighted by atomic mass is 31.3. The SMILES string of the molecule is CCCOP(=O)(O)OP(=O)(O)OC[C@H]1O[C@@H](n2cnc3c(N)ncnc32)[C@H](OP(=O)(O)O)[C@@H]1O. The van der Waals surface area contributed by atoms with E-state index < -0.39 is 54.6 Å². The lowest BCUT2D eigenvalue weighted by atomic mass is 10.1. The van der Waals surface area contributed by atoms with Crippen molar-refractivity contribution in [1.29, 1.82) is 0 Å². The number of aliphatic hydroxyl groups excluding tert-OH is 1. The Morgan fingerprint density at radius 1 is 1.12 bits per heavy atom. The van der Waals surface area contributed by atoms with Gasteiger partial charge < -0.3 is 35.2 Å².